The van der Waals surface area contributed by atoms with Crippen LogP contribution in [0.25, 0.3) is 22.2 Å². The van der Waals surface area contributed by atoms with Gasteiger partial charge < -0.3 is 10.1 Å². The Bertz CT molecular complexity index is 1650. The first-order valence-corrected chi connectivity index (χ1v) is 13.3. The minimum Gasteiger partial charge on any atom is -0.381 e. The van der Waals surface area contributed by atoms with Gasteiger partial charge in [-0.2, -0.15) is 4.98 Å². The number of rotatable bonds is 6. The van der Waals surface area contributed by atoms with Gasteiger partial charge in [-0.25, -0.2) is 4.98 Å². The molecule has 1 saturated heterocycles. The van der Waals surface area contributed by atoms with Gasteiger partial charge in [0.1, 0.15) is 5.65 Å². The number of fused-ring (bicyclic) bond motifs is 1. The molecule has 0 aliphatic carbocycles. The van der Waals surface area contributed by atoms with Gasteiger partial charge in [0.2, 0.25) is 11.9 Å². The molecule has 3 heterocycles. The Morgan fingerprint density at radius 2 is 1.88 bits per heavy atom. The van der Waals surface area contributed by atoms with E-state index in [2.05, 4.69) is 26.1 Å². The van der Waals surface area contributed by atoms with E-state index in [4.69, 9.17) is 16.3 Å². The van der Waals surface area contributed by atoms with Crippen molar-refractivity contribution in [2.75, 3.05) is 18.5 Å². The van der Waals surface area contributed by atoms with Crippen molar-refractivity contribution in [3.63, 3.8) is 0 Å². The number of benzene rings is 2. The van der Waals surface area contributed by atoms with E-state index in [-0.39, 0.29) is 23.6 Å². The van der Waals surface area contributed by atoms with Crippen molar-refractivity contribution in [1.29, 1.82) is 0 Å². The van der Waals surface area contributed by atoms with Gasteiger partial charge in [0, 0.05) is 54.0 Å². The van der Waals surface area contributed by atoms with E-state index < -0.39 is 11.8 Å². The molecule has 2 amide bonds. The molecule has 5 rings (SSSR count). The van der Waals surface area contributed by atoms with Crippen LogP contribution in [0.3, 0.4) is 0 Å². The molecule has 0 saturated carbocycles. The number of ether oxygens (including phenoxy) is 1. The van der Waals surface area contributed by atoms with Crippen molar-refractivity contribution >= 4 is 40.4 Å². The van der Waals surface area contributed by atoms with Crippen LogP contribution in [-0.4, -0.2) is 45.6 Å². The van der Waals surface area contributed by atoms with Gasteiger partial charge in [0.25, 0.3) is 11.5 Å². The third-order valence-electron chi connectivity index (χ3n) is 6.86. The zero-order valence-corrected chi connectivity index (χ0v) is 22.9. The maximum Gasteiger partial charge on any atom is 0.269 e. The van der Waals surface area contributed by atoms with E-state index in [0.717, 1.165) is 24.0 Å². The van der Waals surface area contributed by atoms with Crippen molar-refractivity contribution in [1.82, 2.24) is 25.4 Å². The third kappa shape index (κ3) is 6.13. The molecule has 0 atom stereocenters. The quantitative estimate of drug-likeness (QED) is 0.308. The summed E-state index contributed by atoms with van der Waals surface area (Å²) < 4.78 is 6.90. The molecule has 3 N–H and O–H groups in total. The van der Waals surface area contributed by atoms with E-state index in [1.54, 1.807) is 61.8 Å². The minimum atomic E-state index is -0.509. The first kappa shape index (κ1) is 27.3. The van der Waals surface area contributed by atoms with Crippen LogP contribution in [-0.2, 0) is 23.0 Å². The zero-order valence-electron chi connectivity index (χ0n) is 22.2. The number of hydrazine groups is 1. The van der Waals surface area contributed by atoms with Crippen LogP contribution in [0.15, 0.2) is 59.5 Å². The highest BCUT2D eigenvalue weighted by atomic mass is 35.5. The number of carbonyl (C=O) groups excluding carboxylic acids is 2. The highest BCUT2D eigenvalue weighted by Gasteiger charge is 2.18. The lowest BCUT2D eigenvalue weighted by molar-refractivity contribution is -0.121. The van der Waals surface area contributed by atoms with Gasteiger partial charge in [-0.05, 0) is 66.8 Å². The van der Waals surface area contributed by atoms with Gasteiger partial charge in [-0.1, -0.05) is 29.8 Å². The summed E-state index contributed by atoms with van der Waals surface area (Å²) in [6.07, 6.45) is 3.48. The van der Waals surface area contributed by atoms with E-state index in [1.807, 2.05) is 6.92 Å². The molecule has 11 heteroatoms. The lowest BCUT2D eigenvalue weighted by atomic mass is 9.98. The molecule has 206 valence electrons. The van der Waals surface area contributed by atoms with Gasteiger partial charge >= 0.3 is 0 Å². The summed E-state index contributed by atoms with van der Waals surface area (Å²) in [5, 5.41) is 4.55. The number of amides is 2. The van der Waals surface area contributed by atoms with Crippen molar-refractivity contribution < 1.29 is 14.3 Å². The average molecular weight is 561 g/mol. The Hall–Kier alpha value is -4.28. The summed E-state index contributed by atoms with van der Waals surface area (Å²) in [6.45, 7) is 3.25. The van der Waals surface area contributed by atoms with Gasteiger partial charge in [0.15, 0.2) is 0 Å². The second-order valence-corrected chi connectivity index (χ2v) is 10.2. The fourth-order valence-electron chi connectivity index (χ4n) is 4.66. The number of carbonyl (C=O) groups is 2. The number of anilines is 1. The molecule has 2 aromatic heterocycles. The molecule has 0 unspecified atom stereocenters. The predicted molar refractivity (Wildman–Crippen MR) is 153 cm³/mol. The Balaban J connectivity index is 1.35. The Kier molecular flexibility index (Phi) is 8.09. The summed E-state index contributed by atoms with van der Waals surface area (Å²) >= 11 is 5.97. The maximum absolute atomic E-state index is 13.4. The van der Waals surface area contributed by atoms with E-state index in [9.17, 15) is 14.4 Å². The molecule has 0 bridgehead atoms. The summed E-state index contributed by atoms with van der Waals surface area (Å²) in [5.41, 5.74) is 7.97. The molecule has 4 aromatic rings. The van der Waals surface area contributed by atoms with Gasteiger partial charge in [-0.15, -0.1) is 0 Å². The third-order valence-corrected chi connectivity index (χ3v) is 7.10. The molecule has 1 fully saturated rings. The molecule has 2 aromatic carbocycles. The van der Waals surface area contributed by atoms with Gasteiger partial charge in [0.05, 0.1) is 6.42 Å². The second-order valence-electron chi connectivity index (χ2n) is 9.76. The minimum absolute atomic E-state index is 0.0570. The first-order chi connectivity index (χ1) is 19.3. The van der Waals surface area contributed by atoms with Crippen molar-refractivity contribution in [3.8, 4) is 11.1 Å². The topological polar surface area (TPSA) is 127 Å². The van der Waals surface area contributed by atoms with Crippen LogP contribution in [0.4, 0.5) is 5.95 Å². The second kappa shape index (κ2) is 11.8. The average Bonchev–Trinajstić information content (AvgIpc) is 2.95. The standard InChI is InChI=1S/C29H29ClN6O4/c1-17-6-7-19(27(38)35-34-25(37)13-18-4-3-5-21(30)12-18)14-23(17)24-15-20-16-31-29(32-22-8-10-40-11-9-22)33-26(20)36(2)28(24)39/h3-7,12,14-16,22H,8-11,13H2,1-2H3,(H,34,37)(H,35,38)(H,31,32,33). The molecule has 1 aliphatic heterocycles. The Morgan fingerprint density at radius 1 is 1.07 bits per heavy atom. The Labute approximate surface area is 235 Å². The highest BCUT2D eigenvalue weighted by molar-refractivity contribution is 6.30. The summed E-state index contributed by atoms with van der Waals surface area (Å²) in [7, 11) is 1.67. The normalized spacial score (nSPS) is 13.7. The van der Waals surface area contributed by atoms with Crippen LogP contribution in [0.5, 0.6) is 0 Å². The monoisotopic (exact) mass is 560 g/mol. The molecule has 40 heavy (non-hydrogen) atoms. The lowest BCUT2D eigenvalue weighted by Gasteiger charge is -2.23. The number of hydrogen-bond donors (Lipinski definition) is 3. The van der Waals surface area contributed by atoms with E-state index >= 15 is 0 Å². The van der Waals surface area contributed by atoms with Crippen molar-refractivity contribution in [3.05, 3.63) is 86.8 Å². The summed E-state index contributed by atoms with van der Waals surface area (Å²) in [4.78, 5) is 47.6. The number of pyridine rings is 1. The van der Waals surface area contributed by atoms with Crippen molar-refractivity contribution in [2.24, 2.45) is 7.05 Å². The summed E-state index contributed by atoms with van der Waals surface area (Å²) in [5.74, 6) is -0.433. The van der Waals surface area contributed by atoms with Crippen LogP contribution in [0.1, 0.15) is 34.3 Å². The van der Waals surface area contributed by atoms with Gasteiger partial charge in [-0.3, -0.25) is 29.8 Å². The SMILES string of the molecule is Cc1ccc(C(=O)NNC(=O)Cc2cccc(Cl)c2)cc1-c1cc2cnc(NC3CCOCC3)nc2n(C)c1=O. The van der Waals surface area contributed by atoms with E-state index in [1.165, 1.54) is 4.57 Å². The zero-order chi connectivity index (χ0) is 28.2. The van der Waals surface area contributed by atoms with Crippen LogP contribution in [0.2, 0.25) is 5.02 Å². The Morgan fingerprint density at radius 3 is 2.65 bits per heavy atom. The van der Waals surface area contributed by atoms with Crippen LogP contribution in [0, 0.1) is 6.92 Å². The molecule has 1 aliphatic rings. The maximum atomic E-state index is 13.4. The summed E-state index contributed by atoms with van der Waals surface area (Å²) in [6, 6.07) is 13.9. The number of nitrogens with one attached hydrogen (secondary N) is 3. The number of aryl methyl sites for hydroxylation is 2. The molecule has 0 spiro atoms. The smallest absolute Gasteiger partial charge is 0.269 e. The number of aromatic nitrogens is 3. The van der Waals surface area contributed by atoms with E-state index in [0.29, 0.717) is 46.3 Å². The van der Waals surface area contributed by atoms with Crippen LogP contribution < -0.4 is 21.7 Å². The number of nitrogens with zero attached hydrogens (tertiary/aromatic N) is 3. The number of hydrogen-bond acceptors (Lipinski definition) is 7. The highest BCUT2D eigenvalue weighted by Crippen LogP contribution is 2.25. The first-order valence-electron chi connectivity index (χ1n) is 12.9. The number of halogens is 1. The fraction of sp³-hybridized carbons (Fsp3) is 0.276. The largest absolute Gasteiger partial charge is 0.381 e. The predicted octanol–water partition coefficient (Wildman–Crippen LogP) is 3.55. The molecular weight excluding hydrogens is 532 g/mol. The molecular formula is C29H29ClN6O4. The van der Waals surface area contributed by atoms with Crippen molar-refractivity contribution in [2.45, 2.75) is 32.2 Å². The van der Waals surface area contributed by atoms with Crippen LogP contribution >= 0.6 is 11.6 Å². The lowest BCUT2D eigenvalue weighted by Crippen LogP contribution is -2.42. The fourth-order valence-corrected chi connectivity index (χ4v) is 4.88. The molecule has 0 radical (unpaired) electrons. The molecule has 10 nitrogen and oxygen atoms in total.